The summed E-state index contributed by atoms with van der Waals surface area (Å²) < 4.78 is 0. The molecular weight excluding hydrogens is 249 g/mol. The first-order valence-corrected chi connectivity index (χ1v) is 9.15. The molecule has 0 saturated carbocycles. The lowest BCUT2D eigenvalue weighted by Crippen LogP contribution is -2.32. The minimum atomic E-state index is -1.00. The predicted octanol–water partition coefficient (Wildman–Crippen LogP) is 1.67. The predicted molar refractivity (Wildman–Crippen MR) is 77.8 cm³/mol. The summed E-state index contributed by atoms with van der Waals surface area (Å²) >= 11 is 0. The van der Waals surface area contributed by atoms with Crippen molar-refractivity contribution in [2.75, 3.05) is 25.7 Å². The van der Waals surface area contributed by atoms with Crippen LogP contribution in [0.3, 0.4) is 0 Å². The first-order valence-electron chi connectivity index (χ1n) is 6.10. The number of nitrogens with two attached hydrogens (primary N) is 1. The number of carbonyl (C=O) groups is 1. The molecule has 6 heteroatoms. The molecular formula is C12H25N3O2P+. The van der Waals surface area contributed by atoms with E-state index in [9.17, 15) is 4.79 Å². The summed E-state index contributed by atoms with van der Waals surface area (Å²) in [6.45, 7) is 9.40. The maximum absolute atomic E-state index is 10.3. The number of aromatic amines is 1. The Morgan fingerprint density at radius 3 is 2.33 bits per heavy atom. The first kappa shape index (κ1) is 17.1. The maximum atomic E-state index is 10.3. The number of imidazole rings is 1. The molecule has 1 unspecified atom stereocenters. The van der Waals surface area contributed by atoms with Crippen LogP contribution in [0.25, 0.3) is 0 Å². The number of carboxylic acid groups (broad SMARTS) is 1. The van der Waals surface area contributed by atoms with Crippen molar-refractivity contribution in [3.63, 3.8) is 0 Å². The van der Waals surface area contributed by atoms with Gasteiger partial charge in [0.2, 0.25) is 0 Å². The summed E-state index contributed by atoms with van der Waals surface area (Å²) in [6, 6.07) is -0.851. The Morgan fingerprint density at radius 1 is 1.50 bits per heavy atom. The number of hydrogen-bond acceptors (Lipinski definition) is 3. The van der Waals surface area contributed by atoms with Crippen LogP contribution < -0.4 is 5.73 Å². The number of hydrogen-bond donors (Lipinski definition) is 3. The highest BCUT2D eigenvalue weighted by Crippen LogP contribution is 2.49. The summed E-state index contributed by atoms with van der Waals surface area (Å²) in [5, 5.41) is 8.42. The second-order valence-electron chi connectivity index (χ2n) is 4.79. The van der Waals surface area contributed by atoms with Crippen molar-refractivity contribution in [2.45, 2.75) is 26.3 Å². The second-order valence-corrected chi connectivity index (χ2v) is 9.93. The monoisotopic (exact) mass is 274 g/mol. The second kappa shape index (κ2) is 8.22. The van der Waals surface area contributed by atoms with E-state index in [0.717, 1.165) is 5.69 Å². The molecule has 1 rings (SSSR count). The normalized spacial score (nSPS) is 12.5. The van der Waals surface area contributed by atoms with Crippen molar-refractivity contribution in [1.29, 1.82) is 0 Å². The molecule has 0 saturated heterocycles. The van der Waals surface area contributed by atoms with Crippen molar-refractivity contribution in [2.24, 2.45) is 5.73 Å². The Balaban J connectivity index is 0.000000360. The van der Waals surface area contributed by atoms with Crippen molar-refractivity contribution < 1.29 is 9.90 Å². The van der Waals surface area contributed by atoms with Crippen molar-refractivity contribution in [1.82, 2.24) is 9.97 Å². The van der Waals surface area contributed by atoms with E-state index in [4.69, 9.17) is 10.8 Å². The third-order valence-electron chi connectivity index (χ3n) is 3.02. The van der Waals surface area contributed by atoms with Crippen LogP contribution in [0.15, 0.2) is 12.5 Å². The quantitative estimate of drug-likeness (QED) is 0.712. The Hall–Kier alpha value is -0.930. The molecule has 0 aliphatic carbocycles. The first-order chi connectivity index (χ1) is 8.32. The molecule has 1 aromatic heterocycles. The minimum Gasteiger partial charge on any atom is -0.480 e. The SMILES string of the molecule is CC[P+](C)(C)CC.NC(Cc1cnc[nH]1)C(=O)O. The van der Waals surface area contributed by atoms with Crippen LogP contribution in [-0.2, 0) is 11.2 Å². The van der Waals surface area contributed by atoms with Gasteiger partial charge < -0.3 is 15.8 Å². The van der Waals surface area contributed by atoms with Crippen LogP contribution >= 0.6 is 7.26 Å². The highest BCUT2D eigenvalue weighted by Gasteiger charge is 2.17. The zero-order valence-electron chi connectivity index (χ0n) is 11.7. The molecule has 0 aliphatic heterocycles. The molecule has 0 amide bonds. The van der Waals surface area contributed by atoms with Gasteiger partial charge in [-0.3, -0.25) is 4.79 Å². The van der Waals surface area contributed by atoms with Crippen LogP contribution in [0, 0.1) is 0 Å². The van der Waals surface area contributed by atoms with Gasteiger partial charge in [0.25, 0.3) is 0 Å². The van der Waals surface area contributed by atoms with Crippen molar-refractivity contribution >= 4 is 13.2 Å². The van der Waals surface area contributed by atoms with Gasteiger partial charge in [0.1, 0.15) is 6.04 Å². The van der Waals surface area contributed by atoms with Gasteiger partial charge in [-0.15, -0.1) is 0 Å². The van der Waals surface area contributed by atoms with E-state index in [1.165, 1.54) is 18.7 Å². The van der Waals surface area contributed by atoms with E-state index in [0.29, 0.717) is 0 Å². The standard InChI is InChI=1S/C6H9N3O2.C6H16P/c7-5(6(10)11)1-4-2-8-3-9-4;1-5-7(3,4)6-2/h2-3,5H,1,7H2,(H,8,9)(H,10,11);5-6H2,1-4H3/q;+1. The number of nitrogens with one attached hydrogen (secondary N) is 1. The molecule has 4 N–H and O–H groups in total. The van der Waals surface area contributed by atoms with Gasteiger partial charge in [0, 0.05) is 38.9 Å². The molecule has 0 aromatic carbocycles. The third kappa shape index (κ3) is 7.41. The van der Waals surface area contributed by atoms with Gasteiger partial charge >= 0.3 is 5.97 Å². The molecule has 0 radical (unpaired) electrons. The van der Waals surface area contributed by atoms with E-state index < -0.39 is 19.3 Å². The fraction of sp³-hybridized carbons (Fsp3) is 0.667. The lowest BCUT2D eigenvalue weighted by molar-refractivity contribution is -0.138. The molecule has 0 fully saturated rings. The molecule has 0 bridgehead atoms. The van der Waals surface area contributed by atoms with Gasteiger partial charge in [-0.1, -0.05) is 0 Å². The van der Waals surface area contributed by atoms with Gasteiger partial charge in [-0.2, -0.15) is 0 Å². The van der Waals surface area contributed by atoms with Crippen LogP contribution in [0.4, 0.5) is 0 Å². The number of aromatic nitrogens is 2. The molecule has 5 nitrogen and oxygen atoms in total. The van der Waals surface area contributed by atoms with Gasteiger partial charge in [0.15, 0.2) is 0 Å². The number of rotatable bonds is 5. The Labute approximate surface area is 110 Å². The van der Waals surface area contributed by atoms with E-state index in [1.54, 1.807) is 6.20 Å². The fourth-order valence-corrected chi connectivity index (χ4v) is 1.39. The molecule has 1 atom stereocenters. The number of H-pyrrole nitrogens is 1. The van der Waals surface area contributed by atoms with E-state index in [2.05, 4.69) is 37.1 Å². The van der Waals surface area contributed by atoms with Crippen LogP contribution in [0.1, 0.15) is 19.5 Å². The molecule has 18 heavy (non-hydrogen) atoms. The van der Waals surface area contributed by atoms with Crippen LogP contribution in [0.5, 0.6) is 0 Å². The molecule has 1 aromatic rings. The van der Waals surface area contributed by atoms with Crippen LogP contribution in [0.2, 0.25) is 0 Å². The summed E-state index contributed by atoms with van der Waals surface area (Å²) in [4.78, 5) is 16.8. The Bertz CT molecular complexity index is 333. The van der Waals surface area contributed by atoms with Gasteiger partial charge in [-0.05, 0) is 13.8 Å². The lowest BCUT2D eigenvalue weighted by atomic mass is 10.2. The minimum absolute atomic E-state index is 0.287. The average Bonchev–Trinajstić information content (AvgIpc) is 2.82. The number of nitrogens with zero attached hydrogens (tertiary/aromatic N) is 1. The largest absolute Gasteiger partial charge is 0.480 e. The summed E-state index contributed by atoms with van der Waals surface area (Å²) in [5.74, 6) is -1.00. The summed E-state index contributed by atoms with van der Waals surface area (Å²) in [5.41, 5.74) is 6.00. The summed E-state index contributed by atoms with van der Waals surface area (Å²) in [6.07, 6.45) is 6.15. The third-order valence-corrected chi connectivity index (χ3v) is 6.45. The van der Waals surface area contributed by atoms with E-state index in [-0.39, 0.29) is 6.42 Å². The molecule has 104 valence electrons. The maximum Gasteiger partial charge on any atom is 0.320 e. The van der Waals surface area contributed by atoms with E-state index >= 15 is 0 Å². The van der Waals surface area contributed by atoms with E-state index in [1.807, 2.05) is 0 Å². The Kier molecular flexibility index (Phi) is 7.80. The molecule has 1 heterocycles. The highest BCUT2D eigenvalue weighted by atomic mass is 31.2. The van der Waals surface area contributed by atoms with Crippen LogP contribution in [-0.4, -0.2) is 52.7 Å². The Morgan fingerprint density at radius 2 is 2.06 bits per heavy atom. The fourth-order valence-electron chi connectivity index (χ4n) is 0.944. The topological polar surface area (TPSA) is 92.0 Å². The zero-order valence-corrected chi connectivity index (χ0v) is 12.6. The number of carboxylic acids is 1. The van der Waals surface area contributed by atoms with Gasteiger partial charge in [0.05, 0.1) is 18.7 Å². The summed E-state index contributed by atoms with van der Waals surface area (Å²) in [7, 11) is -0.404. The molecule has 0 spiro atoms. The van der Waals surface area contributed by atoms with Gasteiger partial charge in [-0.25, -0.2) is 4.98 Å². The zero-order chi connectivity index (χ0) is 14.2. The highest BCUT2D eigenvalue weighted by molar-refractivity contribution is 7.74. The average molecular weight is 274 g/mol. The lowest BCUT2D eigenvalue weighted by Gasteiger charge is -2.11. The molecule has 0 aliphatic rings. The number of aliphatic carboxylic acids is 1. The smallest absolute Gasteiger partial charge is 0.320 e. The van der Waals surface area contributed by atoms with Crippen molar-refractivity contribution in [3.8, 4) is 0 Å². The van der Waals surface area contributed by atoms with Crippen molar-refractivity contribution in [3.05, 3.63) is 18.2 Å².